The predicted molar refractivity (Wildman–Crippen MR) is 64.3 cm³/mol. The number of hydrogen-bond acceptors (Lipinski definition) is 2. The van der Waals surface area contributed by atoms with Gasteiger partial charge in [0, 0.05) is 12.0 Å². The number of primary amides is 1. The van der Waals surface area contributed by atoms with Crippen LogP contribution in [0.25, 0.3) is 0 Å². The topological polar surface area (TPSA) is 72.2 Å². The van der Waals surface area contributed by atoms with Crippen LogP contribution in [0.2, 0.25) is 0 Å². The third-order valence-electron chi connectivity index (χ3n) is 3.63. The van der Waals surface area contributed by atoms with Gasteiger partial charge >= 0.3 is 6.03 Å². The zero-order valence-corrected chi connectivity index (χ0v) is 9.51. The van der Waals surface area contributed by atoms with Gasteiger partial charge in [0.1, 0.15) is 0 Å². The third kappa shape index (κ3) is 1.52. The molecule has 1 aromatic rings. The lowest BCUT2D eigenvalue weighted by molar-refractivity contribution is 0.0995. The first-order chi connectivity index (χ1) is 8.16. The number of hydrogen-bond donors (Lipinski definition) is 2. The average Bonchev–Trinajstić information content (AvgIpc) is 2.85. The van der Waals surface area contributed by atoms with Crippen LogP contribution in [0.4, 0.5) is 10.5 Å². The van der Waals surface area contributed by atoms with Gasteiger partial charge in [0.25, 0.3) is 0 Å². The molecule has 2 amide bonds. The smallest absolute Gasteiger partial charge is 0.316 e. The average molecular weight is 230 g/mol. The van der Waals surface area contributed by atoms with Gasteiger partial charge in [0.15, 0.2) is 5.78 Å². The number of nitrogens with one attached hydrogen (secondary N) is 1. The van der Waals surface area contributed by atoms with Crippen LogP contribution in [0.5, 0.6) is 0 Å². The summed E-state index contributed by atoms with van der Waals surface area (Å²) in [6.07, 6.45) is 4.37. The van der Waals surface area contributed by atoms with E-state index in [4.69, 9.17) is 5.73 Å². The van der Waals surface area contributed by atoms with Gasteiger partial charge < -0.3 is 11.1 Å². The van der Waals surface area contributed by atoms with Gasteiger partial charge in [-0.05, 0) is 42.4 Å². The SMILES string of the molecule is NC(=O)Nc1c2c(cc3c1C(=O)CC3)CCC2. The summed E-state index contributed by atoms with van der Waals surface area (Å²) >= 11 is 0. The lowest BCUT2D eigenvalue weighted by Crippen LogP contribution is -2.22. The zero-order chi connectivity index (χ0) is 12.0. The van der Waals surface area contributed by atoms with E-state index in [0.717, 1.165) is 36.8 Å². The number of Topliss-reactive ketones (excluding diaryl/α,β-unsaturated/α-hetero) is 1. The summed E-state index contributed by atoms with van der Waals surface area (Å²) in [7, 11) is 0. The maximum Gasteiger partial charge on any atom is 0.316 e. The Morgan fingerprint density at radius 3 is 2.76 bits per heavy atom. The van der Waals surface area contributed by atoms with E-state index >= 15 is 0 Å². The first kappa shape index (κ1) is 10.3. The molecule has 0 saturated heterocycles. The van der Waals surface area contributed by atoms with Crippen molar-refractivity contribution in [1.29, 1.82) is 0 Å². The Morgan fingerprint density at radius 2 is 2.00 bits per heavy atom. The van der Waals surface area contributed by atoms with E-state index in [9.17, 15) is 9.59 Å². The number of anilines is 1. The number of benzene rings is 1. The van der Waals surface area contributed by atoms with Crippen LogP contribution in [0, 0.1) is 0 Å². The van der Waals surface area contributed by atoms with E-state index in [-0.39, 0.29) is 5.78 Å². The van der Waals surface area contributed by atoms with Gasteiger partial charge in [-0.25, -0.2) is 4.79 Å². The fraction of sp³-hybridized carbons (Fsp3) is 0.385. The molecule has 0 fully saturated rings. The van der Waals surface area contributed by atoms with Gasteiger partial charge in [-0.15, -0.1) is 0 Å². The van der Waals surface area contributed by atoms with Crippen LogP contribution >= 0.6 is 0 Å². The molecule has 3 N–H and O–H groups in total. The second-order valence-electron chi connectivity index (χ2n) is 4.69. The number of nitrogens with two attached hydrogens (primary N) is 1. The summed E-state index contributed by atoms with van der Waals surface area (Å²) in [5.41, 5.74) is 10.0. The van der Waals surface area contributed by atoms with Gasteiger partial charge in [-0.2, -0.15) is 0 Å². The van der Waals surface area contributed by atoms with Crippen LogP contribution in [-0.4, -0.2) is 11.8 Å². The molecule has 17 heavy (non-hydrogen) atoms. The van der Waals surface area contributed by atoms with Crippen molar-refractivity contribution >= 4 is 17.5 Å². The van der Waals surface area contributed by atoms with Crippen molar-refractivity contribution in [1.82, 2.24) is 0 Å². The maximum atomic E-state index is 11.9. The number of aryl methyl sites for hydroxylation is 2. The molecule has 0 heterocycles. The van der Waals surface area contributed by atoms with Gasteiger partial charge in [-0.1, -0.05) is 6.07 Å². The molecule has 0 spiro atoms. The molecule has 88 valence electrons. The van der Waals surface area contributed by atoms with Gasteiger partial charge in [-0.3, -0.25) is 4.79 Å². The Morgan fingerprint density at radius 1 is 1.18 bits per heavy atom. The first-order valence-corrected chi connectivity index (χ1v) is 5.94. The summed E-state index contributed by atoms with van der Waals surface area (Å²) in [6, 6.07) is 1.54. The van der Waals surface area contributed by atoms with E-state index in [1.807, 2.05) is 0 Å². The second kappa shape index (κ2) is 3.58. The number of carbonyl (C=O) groups is 2. The van der Waals surface area contributed by atoms with Crippen LogP contribution in [0.3, 0.4) is 0 Å². The largest absolute Gasteiger partial charge is 0.351 e. The molecule has 2 aliphatic carbocycles. The first-order valence-electron chi connectivity index (χ1n) is 5.94. The van der Waals surface area contributed by atoms with Crippen LogP contribution in [-0.2, 0) is 19.3 Å². The number of urea groups is 1. The lowest BCUT2D eigenvalue weighted by Gasteiger charge is -2.13. The normalized spacial score (nSPS) is 16.8. The summed E-state index contributed by atoms with van der Waals surface area (Å²) in [4.78, 5) is 23.0. The van der Waals surface area contributed by atoms with Gasteiger partial charge in [0.05, 0.1) is 5.69 Å². The molecule has 4 heteroatoms. The van der Waals surface area contributed by atoms with E-state index in [0.29, 0.717) is 17.7 Å². The Labute approximate surface area is 99.2 Å². The minimum atomic E-state index is -0.591. The quantitative estimate of drug-likeness (QED) is 0.772. The van der Waals surface area contributed by atoms with Crippen molar-refractivity contribution in [2.75, 3.05) is 5.32 Å². The van der Waals surface area contributed by atoms with Crippen molar-refractivity contribution < 1.29 is 9.59 Å². The minimum absolute atomic E-state index is 0.124. The zero-order valence-electron chi connectivity index (χ0n) is 9.51. The molecular formula is C13H14N2O2. The van der Waals surface area contributed by atoms with Crippen molar-refractivity contribution in [2.45, 2.75) is 32.1 Å². The molecule has 0 unspecified atom stereocenters. The highest BCUT2D eigenvalue weighted by Gasteiger charge is 2.29. The molecule has 1 aromatic carbocycles. The molecule has 0 bridgehead atoms. The Kier molecular flexibility index (Phi) is 2.18. The van der Waals surface area contributed by atoms with Crippen LogP contribution in [0.15, 0.2) is 6.07 Å². The molecular weight excluding hydrogens is 216 g/mol. The second-order valence-corrected chi connectivity index (χ2v) is 4.69. The number of fused-ring (bicyclic) bond motifs is 2. The van der Waals surface area contributed by atoms with Crippen LogP contribution < -0.4 is 11.1 Å². The molecule has 0 radical (unpaired) electrons. The molecule has 0 saturated carbocycles. The molecule has 4 nitrogen and oxygen atoms in total. The standard InChI is InChI=1S/C13H14N2O2/c14-13(17)15-12-9-3-1-2-7(9)6-8-4-5-10(16)11(8)12/h6H,1-5H2,(H3,14,15,17). The summed E-state index contributed by atoms with van der Waals surface area (Å²) < 4.78 is 0. The van der Waals surface area contributed by atoms with E-state index in [1.165, 1.54) is 5.56 Å². The molecule has 0 aromatic heterocycles. The van der Waals surface area contributed by atoms with Crippen molar-refractivity contribution in [3.8, 4) is 0 Å². The fourth-order valence-corrected chi connectivity index (χ4v) is 2.96. The van der Waals surface area contributed by atoms with Crippen molar-refractivity contribution in [2.24, 2.45) is 5.73 Å². The minimum Gasteiger partial charge on any atom is -0.351 e. The lowest BCUT2D eigenvalue weighted by atomic mass is 9.98. The predicted octanol–water partition coefficient (Wildman–Crippen LogP) is 1.79. The third-order valence-corrected chi connectivity index (χ3v) is 3.63. The fourth-order valence-electron chi connectivity index (χ4n) is 2.96. The Bertz CT molecular complexity index is 535. The monoisotopic (exact) mass is 230 g/mol. The molecule has 3 rings (SSSR count). The number of rotatable bonds is 1. The molecule has 2 aliphatic rings. The highest BCUT2D eigenvalue weighted by molar-refractivity contribution is 6.08. The van der Waals surface area contributed by atoms with E-state index in [2.05, 4.69) is 11.4 Å². The van der Waals surface area contributed by atoms with Crippen LogP contribution in [0.1, 0.15) is 39.9 Å². The number of carbonyl (C=O) groups excluding carboxylic acids is 2. The highest BCUT2D eigenvalue weighted by Crippen LogP contribution is 2.38. The molecule has 0 atom stereocenters. The van der Waals surface area contributed by atoms with Gasteiger partial charge in [0.2, 0.25) is 0 Å². The van der Waals surface area contributed by atoms with Crippen molar-refractivity contribution in [3.05, 3.63) is 28.3 Å². The highest BCUT2D eigenvalue weighted by atomic mass is 16.2. The van der Waals surface area contributed by atoms with E-state index < -0.39 is 6.03 Å². The summed E-state index contributed by atoms with van der Waals surface area (Å²) in [6.45, 7) is 0. The number of ketones is 1. The molecule has 0 aliphatic heterocycles. The van der Waals surface area contributed by atoms with Crippen molar-refractivity contribution in [3.63, 3.8) is 0 Å². The number of amides is 2. The Hall–Kier alpha value is -1.84. The summed E-state index contributed by atoms with van der Waals surface area (Å²) in [5.74, 6) is 0.124. The maximum absolute atomic E-state index is 11.9. The summed E-state index contributed by atoms with van der Waals surface area (Å²) in [5, 5.41) is 2.65. The Balaban J connectivity index is 2.22. The van der Waals surface area contributed by atoms with E-state index in [1.54, 1.807) is 0 Å².